The summed E-state index contributed by atoms with van der Waals surface area (Å²) in [4.78, 5) is 49.0. The van der Waals surface area contributed by atoms with Gasteiger partial charge in [0.2, 0.25) is 0 Å². The van der Waals surface area contributed by atoms with Gasteiger partial charge < -0.3 is 29.8 Å². The third-order valence-electron chi connectivity index (χ3n) is 6.49. The molecule has 0 aliphatic rings. The zero-order chi connectivity index (χ0) is 28.9. The van der Waals surface area contributed by atoms with Crippen molar-refractivity contribution in [2.24, 2.45) is 11.7 Å². The fraction of sp³-hybridized carbons (Fsp3) is 0.643. The molecule has 38 heavy (non-hydrogen) atoms. The highest BCUT2D eigenvalue weighted by Crippen LogP contribution is 2.33. The van der Waals surface area contributed by atoms with Gasteiger partial charge in [-0.3, -0.25) is 14.4 Å². The van der Waals surface area contributed by atoms with Crippen molar-refractivity contribution >= 4 is 24.1 Å². The molecule has 0 aromatic heterocycles. The van der Waals surface area contributed by atoms with E-state index in [-0.39, 0.29) is 36.9 Å². The summed E-state index contributed by atoms with van der Waals surface area (Å²) in [6.07, 6.45) is 1.58. The summed E-state index contributed by atoms with van der Waals surface area (Å²) < 4.78 is 21.3. The predicted octanol–water partition coefficient (Wildman–Crippen LogP) is 5.18. The normalized spacial score (nSPS) is 14.9. The molecule has 0 heterocycles. The number of carbonyl (C=O) groups is 4. The van der Waals surface area contributed by atoms with Gasteiger partial charge in [-0.25, -0.2) is 4.79 Å². The number of esters is 2. The predicted molar refractivity (Wildman–Crippen MR) is 141 cm³/mol. The molecule has 0 fully saturated rings. The van der Waals surface area contributed by atoms with Crippen LogP contribution in [0.5, 0.6) is 11.5 Å². The molecule has 10 nitrogen and oxygen atoms in total. The molecule has 0 aliphatic carbocycles. The van der Waals surface area contributed by atoms with E-state index < -0.39 is 41.6 Å². The van der Waals surface area contributed by atoms with Gasteiger partial charge in [-0.05, 0) is 50.8 Å². The summed E-state index contributed by atoms with van der Waals surface area (Å²) in [6.45, 7) is 10.6. The SMILES string of the molecule is CCCCC(=O)Oc1ccc(C[C@](N)(C(=O)O)[C@H](C)[C@H](C)OC(=O)OC(C)CC)cc1OC(=O)CCCC. The number of aliphatic carboxylic acids is 1. The van der Waals surface area contributed by atoms with E-state index in [0.29, 0.717) is 24.8 Å². The number of rotatable bonds is 16. The van der Waals surface area contributed by atoms with Gasteiger partial charge in [-0.2, -0.15) is 0 Å². The number of ether oxygens (including phenoxy) is 4. The van der Waals surface area contributed by atoms with Gasteiger partial charge in [0.05, 0.1) is 0 Å². The lowest BCUT2D eigenvalue weighted by Gasteiger charge is -2.34. The lowest BCUT2D eigenvalue weighted by molar-refractivity contribution is -0.147. The van der Waals surface area contributed by atoms with E-state index in [9.17, 15) is 24.3 Å². The fourth-order valence-corrected chi connectivity index (χ4v) is 3.53. The van der Waals surface area contributed by atoms with E-state index in [1.807, 2.05) is 20.8 Å². The van der Waals surface area contributed by atoms with E-state index in [2.05, 4.69) is 0 Å². The molecule has 0 saturated heterocycles. The Bertz CT molecular complexity index is 948. The summed E-state index contributed by atoms with van der Waals surface area (Å²) in [7, 11) is 0. The zero-order valence-electron chi connectivity index (χ0n) is 23.4. The average molecular weight is 538 g/mol. The first kappa shape index (κ1) is 32.9. The largest absolute Gasteiger partial charge is 0.508 e. The summed E-state index contributed by atoms with van der Waals surface area (Å²) in [6, 6.07) is 4.47. The minimum Gasteiger partial charge on any atom is -0.480 e. The van der Waals surface area contributed by atoms with Crippen LogP contribution in [0.4, 0.5) is 4.79 Å². The first-order chi connectivity index (χ1) is 17.9. The number of carboxylic acids is 1. The van der Waals surface area contributed by atoms with Crippen LogP contribution in [0.15, 0.2) is 18.2 Å². The number of hydrogen-bond donors (Lipinski definition) is 2. The third kappa shape index (κ3) is 10.3. The van der Waals surface area contributed by atoms with Crippen molar-refractivity contribution < 1.29 is 43.2 Å². The van der Waals surface area contributed by atoms with Crippen LogP contribution in [0, 0.1) is 5.92 Å². The summed E-state index contributed by atoms with van der Waals surface area (Å²) in [5, 5.41) is 10.0. The van der Waals surface area contributed by atoms with Gasteiger partial charge in [-0.15, -0.1) is 0 Å². The molecule has 3 N–H and O–H groups in total. The van der Waals surface area contributed by atoms with Crippen LogP contribution in [-0.4, -0.2) is 46.9 Å². The third-order valence-corrected chi connectivity index (χ3v) is 6.49. The van der Waals surface area contributed by atoms with Crippen molar-refractivity contribution in [2.75, 3.05) is 0 Å². The smallest absolute Gasteiger partial charge is 0.480 e. The molecule has 4 atom stereocenters. The quantitative estimate of drug-likeness (QED) is 0.213. The number of benzene rings is 1. The lowest BCUT2D eigenvalue weighted by Crippen LogP contribution is -2.58. The fourth-order valence-electron chi connectivity index (χ4n) is 3.53. The molecule has 214 valence electrons. The Balaban J connectivity index is 3.21. The van der Waals surface area contributed by atoms with Crippen molar-refractivity contribution in [2.45, 2.75) is 111 Å². The molecule has 1 aromatic carbocycles. The minimum atomic E-state index is -1.85. The first-order valence-corrected chi connectivity index (χ1v) is 13.3. The van der Waals surface area contributed by atoms with Crippen molar-refractivity contribution in [1.82, 2.24) is 0 Å². The van der Waals surface area contributed by atoms with Crippen molar-refractivity contribution in [1.29, 1.82) is 0 Å². The van der Waals surface area contributed by atoms with Gasteiger partial charge in [-0.1, -0.05) is 46.6 Å². The second-order valence-corrected chi connectivity index (χ2v) is 9.66. The van der Waals surface area contributed by atoms with E-state index in [0.717, 1.165) is 12.8 Å². The Morgan fingerprint density at radius 2 is 1.45 bits per heavy atom. The Morgan fingerprint density at radius 3 is 1.95 bits per heavy atom. The number of carboxylic acid groups (broad SMARTS) is 1. The van der Waals surface area contributed by atoms with E-state index >= 15 is 0 Å². The first-order valence-electron chi connectivity index (χ1n) is 13.3. The highest BCUT2D eigenvalue weighted by molar-refractivity contribution is 5.80. The highest BCUT2D eigenvalue weighted by Gasteiger charge is 2.44. The molecule has 10 heteroatoms. The van der Waals surface area contributed by atoms with Crippen molar-refractivity contribution in [3.63, 3.8) is 0 Å². The molecule has 0 spiro atoms. The molecule has 1 rings (SSSR count). The Hall–Kier alpha value is -3.14. The van der Waals surface area contributed by atoms with Gasteiger partial charge in [0.15, 0.2) is 11.5 Å². The second kappa shape index (κ2) is 16.0. The van der Waals surface area contributed by atoms with E-state index in [1.165, 1.54) is 12.1 Å². The van der Waals surface area contributed by atoms with Crippen molar-refractivity contribution in [3.8, 4) is 11.5 Å². The van der Waals surface area contributed by atoms with Crippen LogP contribution in [0.25, 0.3) is 0 Å². The minimum absolute atomic E-state index is 0.00951. The molecule has 1 aromatic rings. The average Bonchev–Trinajstić information content (AvgIpc) is 2.86. The van der Waals surface area contributed by atoms with E-state index in [4.69, 9.17) is 24.7 Å². The van der Waals surface area contributed by atoms with Crippen LogP contribution in [-0.2, 0) is 30.3 Å². The number of nitrogens with two attached hydrogens (primary N) is 1. The van der Waals surface area contributed by atoms with E-state index in [1.54, 1.807) is 26.8 Å². The van der Waals surface area contributed by atoms with Gasteiger partial charge in [0.1, 0.15) is 17.7 Å². The lowest BCUT2D eigenvalue weighted by atomic mass is 9.78. The topological polar surface area (TPSA) is 151 Å². The zero-order valence-corrected chi connectivity index (χ0v) is 23.4. The Kier molecular flexibility index (Phi) is 13.8. The molecule has 0 saturated carbocycles. The molecule has 0 bridgehead atoms. The maximum Gasteiger partial charge on any atom is 0.508 e. The molecular formula is C28H43NO9. The second-order valence-electron chi connectivity index (χ2n) is 9.66. The molecule has 0 aliphatic heterocycles. The van der Waals surface area contributed by atoms with Crippen LogP contribution >= 0.6 is 0 Å². The molecular weight excluding hydrogens is 494 g/mol. The van der Waals surface area contributed by atoms with Gasteiger partial charge in [0.25, 0.3) is 0 Å². The van der Waals surface area contributed by atoms with Gasteiger partial charge in [0, 0.05) is 25.2 Å². The van der Waals surface area contributed by atoms with Crippen LogP contribution in [0.2, 0.25) is 0 Å². The molecule has 1 unspecified atom stereocenters. The van der Waals surface area contributed by atoms with Gasteiger partial charge >= 0.3 is 24.1 Å². The maximum atomic E-state index is 12.3. The summed E-state index contributed by atoms with van der Waals surface area (Å²) >= 11 is 0. The standard InChI is InChI=1S/C28H43NO9/c1-7-10-12-24(30)37-22-15-14-21(16-23(22)38-25(31)13-11-8-2)17-28(29,26(32)33)19(5)20(6)36-27(34)35-18(4)9-3/h14-16,18-20H,7-13,17,29H2,1-6H3,(H,32,33)/t18?,19-,20+,28-/m1/s1. The Morgan fingerprint density at radius 1 is 0.895 bits per heavy atom. The monoisotopic (exact) mass is 537 g/mol. The number of carbonyl (C=O) groups excluding carboxylic acids is 3. The van der Waals surface area contributed by atoms with Crippen molar-refractivity contribution in [3.05, 3.63) is 23.8 Å². The maximum absolute atomic E-state index is 12.3. The highest BCUT2D eigenvalue weighted by atomic mass is 16.7. The molecule has 0 amide bonds. The number of unbranched alkanes of at least 4 members (excludes halogenated alkanes) is 2. The number of hydrogen-bond acceptors (Lipinski definition) is 9. The summed E-state index contributed by atoms with van der Waals surface area (Å²) in [5.74, 6) is -3.01. The summed E-state index contributed by atoms with van der Waals surface area (Å²) in [5.41, 5.74) is 4.97. The van der Waals surface area contributed by atoms with Crippen LogP contribution < -0.4 is 15.2 Å². The molecule has 0 radical (unpaired) electrons. The van der Waals surface area contributed by atoms with Crippen LogP contribution in [0.1, 0.15) is 92.1 Å². The van der Waals surface area contributed by atoms with Crippen LogP contribution in [0.3, 0.4) is 0 Å². The Labute approximate surface area is 225 Å².